The summed E-state index contributed by atoms with van der Waals surface area (Å²) in [6, 6.07) is 1.85. The van der Waals surface area contributed by atoms with Gasteiger partial charge < -0.3 is 10.8 Å². The molecule has 0 bridgehead atoms. The van der Waals surface area contributed by atoms with Crippen LogP contribution in [0.3, 0.4) is 0 Å². The minimum Gasteiger partial charge on any atom is -0.387 e. The molecule has 1 heterocycles. The highest BCUT2D eigenvalue weighted by atomic mass is 16.3. The molecule has 0 spiro atoms. The minimum absolute atomic E-state index is 0.484. The Hall–Kier alpha value is -0.870. The van der Waals surface area contributed by atoms with Gasteiger partial charge in [-0.05, 0) is 24.9 Å². The zero-order chi connectivity index (χ0) is 10.6. The van der Waals surface area contributed by atoms with E-state index in [2.05, 4.69) is 18.9 Å². The van der Waals surface area contributed by atoms with Gasteiger partial charge in [-0.3, -0.25) is 4.68 Å². The van der Waals surface area contributed by atoms with Gasteiger partial charge in [0.15, 0.2) is 0 Å². The highest BCUT2D eigenvalue weighted by Crippen LogP contribution is 2.13. The van der Waals surface area contributed by atoms with Crippen LogP contribution in [0.2, 0.25) is 0 Å². The van der Waals surface area contributed by atoms with Crippen LogP contribution >= 0.6 is 0 Å². The molecule has 0 unspecified atom stereocenters. The molecule has 14 heavy (non-hydrogen) atoms. The van der Waals surface area contributed by atoms with Crippen molar-refractivity contribution in [3.05, 3.63) is 18.0 Å². The van der Waals surface area contributed by atoms with Crippen molar-refractivity contribution >= 4 is 0 Å². The van der Waals surface area contributed by atoms with Gasteiger partial charge in [0.1, 0.15) is 0 Å². The molecule has 1 aromatic heterocycles. The first kappa shape index (κ1) is 11.2. The van der Waals surface area contributed by atoms with Crippen molar-refractivity contribution < 1.29 is 5.11 Å². The van der Waals surface area contributed by atoms with E-state index in [1.807, 2.05) is 16.9 Å². The van der Waals surface area contributed by atoms with Gasteiger partial charge in [-0.1, -0.05) is 13.8 Å². The van der Waals surface area contributed by atoms with Crippen LogP contribution in [0.1, 0.15) is 32.1 Å². The smallest absolute Gasteiger partial charge is 0.0990 e. The number of rotatable bonds is 5. The normalized spacial score (nSPS) is 13.5. The Balaban J connectivity index is 2.58. The second-order valence-corrected chi connectivity index (χ2v) is 3.95. The Kier molecular flexibility index (Phi) is 4.10. The van der Waals surface area contributed by atoms with Crippen molar-refractivity contribution in [3.63, 3.8) is 0 Å². The molecular formula is C10H19N3O. The van der Waals surface area contributed by atoms with E-state index in [-0.39, 0.29) is 0 Å². The standard InChI is InChI=1S/C10H19N3O/c1-8(2)7-13-6-4-9(12-13)10(14)3-5-11/h4,6,8,10,14H,3,5,7,11H2,1-2H3/t10-/m0/s1. The first-order valence-electron chi connectivity index (χ1n) is 5.05. The largest absolute Gasteiger partial charge is 0.387 e. The Morgan fingerprint density at radius 2 is 2.29 bits per heavy atom. The molecule has 0 saturated heterocycles. The Morgan fingerprint density at radius 3 is 2.86 bits per heavy atom. The van der Waals surface area contributed by atoms with Crippen molar-refractivity contribution in [3.8, 4) is 0 Å². The monoisotopic (exact) mass is 197 g/mol. The van der Waals surface area contributed by atoms with E-state index in [0.717, 1.165) is 12.2 Å². The molecule has 1 atom stereocenters. The summed E-state index contributed by atoms with van der Waals surface area (Å²) < 4.78 is 1.86. The molecule has 0 aliphatic carbocycles. The zero-order valence-electron chi connectivity index (χ0n) is 8.85. The molecule has 0 fully saturated rings. The lowest BCUT2D eigenvalue weighted by molar-refractivity contribution is 0.164. The lowest BCUT2D eigenvalue weighted by Gasteiger charge is -2.06. The summed E-state index contributed by atoms with van der Waals surface area (Å²) in [5.41, 5.74) is 6.08. The van der Waals surface area contributed by atoms with Crippen molar-refractivity contribution in [1.82, 2.24) is 9.78 Å². The average molecular weight is 197 g/mol. The predicted octanol–water partition coefficient (Wildman–Crippen LogP) is 0.921. The van der Waals surface area contributed by atoms with E-state index in [1.54, 1.807) is 0 Å². The number of nitrogens with two attached hydrogens (primary N) is 1. The quantitative estimate of drug-likeness (QED) is 0.737. The summed E-state index contributed by atoms with van der Waals surface area (Å²) in [7, 11) is 0. The fourth-order valence-corrected chi connectivity index (χ4v) is 1.34. The lowest BCUT2D eigenvalue weighted by Crippen LogP contribution is -2.09. The zero-order valence-corrected chi connectivity index (χ0v) is 8.85. The van der Waals surface area contributed by atoms with E-state index in [0.29, 0.717) is 18.9 Å². The Labute approximate surface area is 84.7 Å². The summed E-state index contributed by atoms with van der Waals surface area (Å²) in [5.74, 6) is 0.564. The number of hydrogen-bond acceptors (Lipinski definition) is 3. The molecule has 0 aliphatic heterocycles. The number of aliphatic hydroxyl groups is 1. The highest BCUT2D eigenvalue weighted by molar-refractivity contribution is 5.02. The van der Waals surface area contributed by atoms with Gasteiger partial charge in [-0.2, -0.15) is 5.10 Å². The van der Waals surface area contributed by atoms with Crippen LogP contribution in [0.15, 0.2) is 12.3 Å². The highest BCUT2D eigenvalue weighted by Gasteiger charge is 2.09. The topological polar surface area (TPSA) is 64.1 Å². The molecule has 0 aromatic carbocycles. The van der Waals surface area contributed by atoms with Gasteiger partial charge >= 0.3 is 0 Å². The van der Waals surface area contributed by atoms with Crippen LogP contribution in [0.4, 0.5) is 0 Å². The Morgan fingerprint density at radius 1 is 1.57 bits per heavy atom. The third kappa shape index (κ3) is 3.12. The van der Waals surface area contributed by atoms with Crippen molar-refractivity contribution in [1.29, 1.82) is 0 Å². The van der Waals surface area contributed by atoms with Gasteiger partial charge in [0, 0.05) is 12.7 Å². The van der Waals surface area contributed by atoms with Crippen LogP contribution in [-0.4, -0.2) is 21.4 Å². The molecule has 0 radical (unpaired) electrons. The number of hydrogen-bond donors (Lipinski definition) is 2. The van der Waals surface area contributed by atoms with Crippen LogP contribution in [0.5, 0.6) is 0 Å². The van der Waals surface area contributed by atoms with Gasteiger partial charge in [0.05, 0.1) is 11.8 Å². The fourth-order valence-electron chi connectivity index (χ4n) is 1.34. The second kappa shape index (κ2) is 5.12. The third-order valence-corrected chi connectivity index (χ3v) is 2.00. The second-order valence-electron chi connectivity index (χ2n) is 3.95. The molecule has 1 aromatic rings. The Bertz CT molecular complexity index is 270. The third-order valence-electron chi connectivity index (χ3n) is 2.00. The van der Waals surface area contributed by atoms with Crippen LogP contribution in [0, 0.1) is 5.92 Å². The molecule has 0 amide bonds. The fraction of sp³-hybridized carbons (Fsp3) is 0.700. The van der Waals surface area contributed by atoms with Gasteiger partial charge in [0.25, 0.3) is 0 Å². The lowest BCUT2D eigenvalue weighted by atomic mass is 10.2. The first-order valence-corrected chi connectivity index (χ1v) is 5.05. The van der Waals surface area contributed by atoms with E-state index in [4.69, 9.17) is 5.73 Å². The summed E-state index contributed by atoms with van der Waals surface area (Å²) in [4.78, 5) is 0. The van der Waals surface area contributed by atoms with E-state index in [1.165, 1.54) is 0 Å². The number of nitrogens with zero attached hydrogens (tertiary/aromatic N) is 2. The molecular weight excluding hydrogens is 178 g/mol. The molecule has 4 heteroatoms. The van der Waals surface area contributed by atoms with Gasteiger partial charge in [0.2, 0.25) is 0 Å². The molecule has 4 nitrogen and oxygen atoms in total. The number of aromatic nitrogens is 2. The van der Waals surface area contributed by atoms with Crippen molar-refractivity contribution in [2.24, 2.45) is 11.7 Å². The van der Waals surface area contributed by atoms with Crippen molar-refractivity contribution in [2.75, 3.05) is 6.54 Å². The molecule has 0 aliphatic rings. The molecule has 0 saturated carbocycles. The molecule has 1 rings (SSSR count). The average Bonchev–Trinajstić information content (AvgIpc) is 2.52. The van der Waals surface area contributed by atoms with Crippen LogP contribution in [-0.2, 0) is 6.54 Å². The van der Waals surface area contributed by atoms with Gasteiger partial charge in [-0.25, -0.2) is 0 Å². The summed E-state index contributed by atoms with van der Waals surface area (Å²) in [5, 5.41) is 13.9. The maximum atomic E-state index is 9.61. The van der Waals surface area contributed by atoms with E-state index in [9.17, 15) is 5.11 Å². The summed E-state index contributed by atoms with van der Waals surface area (Å²) in [6.45, 7) is 5.64. The van der Waals surface area contributed by atoms with Gasteiger partial charge in [-0.15, -0.1) is 0 Å². The van der Waals surface area contributed by atoms with E-state index >= 15 is 0 Å². The molecule has 80 valence electrons. The maximum absolute atomic E-state index is 9.61. The van der Waals surface area contributed by atoms with Crippen LogP contribution < -0.4 is 5.73 Å². The first-order chi connectivity index (χ1) is 6.63. The number of aliphatic hydroxyl groups excluding tert-OH is 1. The SMILES string of the molecule is CC(C)Cn1ccc([C@@H](O)CCN)n1. The van der Waals surface area contributed by atoms with Crippen molar-refractivity contribution in [2.45, 2.75) is 32.9 Å². The summed E-state index contributed by atoms with van der Waals surface area (Å²) in [6.07, 6.45) is 1.95. The minimum atomic E-state index is -0.520. The van der Waals surface area contributed by atoms with Crippen LogP contribution in [0.25, 0.3) is 0 Å². The predicted molar refractivity (Wildman–Crippen MR) is 55.7 cm³/mol. The van der Waals surface area contributed by atoms with E-state index < -0.39 is 6.10 Å². The summed E-state index contributed by atoms with van der Waals surface area (Å²) >= 11 is 0. The molecule has 3 N–H and O–H groups in total. The maximum Gasteiger partial charge on any atom is 0.0990 e.